The molecule has 2 heterocycles. The predicted octanol–water partition coefficient (Wildman–Crippen LogP) is 0.909. The molecular formula is C8H11ClIN3O2. The van der Waals surface area contributed by atoms with E-state index < -0.39 is 0 Å². The number of methoxy groups -OCH3 is 1. The van der Waals surface area contributed by atoms with Crippen LogP contribution in [-0.4, -0.2) is 36.4 Å². The number of H-pyrrole nitrogens is 1. The maximum absolute atomic E-state index is 11.3. The number of hydrogen-bond donors (Lipinski definition) is 2. The van der Waals surface area contributed by atoms with Crippen LogP contribution in [0.2, 0.25) is 0 Å². The Balaban J connectivity index is 0.00000112. The normalized spacial score (nSPS) is 15.3. The van der Waals surface area contributed by atoms with E-state index in [9.17, 15) is 4.79 Å². The molecule has 0 radical (unpaired) electrons. The second kappa shape index (κ2) is 5.13. The number of esters is 1. The van der Waals surface area contributed by atoms with Crippen molar-refractivity contribution in [2.45, 2.75) is 5.92 Å². The van der Waals surface area contributed by atoms with Gasteiger partial charge in [-0.15, -0.1) is 12.4 Å². The molecule has 0 spiro atoms. The van der Waals surface area contributed by atoms with Crippen LogP contribution in [0.15, 0.2) is 0 Å². The third kappa shape index (κ3) is 2.26. The van der Waals surface area contributed by atoms with E-state index >= 15 is 0 Å². The number of aromatic amines is 1. The van der Waals surface area contributed by atoms with E-state index in [-0.39, 0.29) is 18.4 Å². The molecule has 1 saturated heterocycles. The molecule has 0 aliphatic carbocycles. The van der Waals surface area contributed by atoms with Gasteiger partial charge in [0.25, 0.3) is 0 Å². The maximum atomic E-state index is 11.3. The molecule has 0 unspecified atom stereocenters. The second-order valence-corrected chi connectivity index (χ2v) is 4.23. The minimum atomic E-state index is -0.385. The lowest BCUT2D eigenvalue weighted by molar-refractivity contribution is 0.0593. The van der Waals surface area contributed by atoms with E-state index in [4.69, 9.17) is 0 Å². The van der Waals surface area contributed by atoms with E-state index in [0.29, 0.717) is 11.6 Å². The molecule has 7 heteroatoms. The first-order valence-corrected chi connectivity index (χ1v) is 5.34. The summed E-state index contributed by atoms with van der Waals surface area (Å²) >= 11 is 2.12. The van der Waals surface area contributed by atoms with Crippen LogP contribution >= 0.6 is 35.0 Å². The van der Waals surface area contributed by atoms with Crippen LogP contribution in [0.5, 0.6) is 0 Å². The Labute approximate surface area is 107 Å². The van der Waals surface area contributed by atoms with Crippen LogP contribution in [-0.2, 0) is 4.74 Å². The molecule has 1 fully saturated rings. The highest BCUT2D eigenvalue weighted by molar-refractivity contribution is 14.1. The Morgan fingerprint density at radius 2 is 2.27 bits per heavy atom. The zero-order valence-corrected chi connectivity index (χ0v) is 11.0. The summed E-state index contributed by atoms with van der Waals surface area (Å²) in [6.07, 6.45) is 0. The summed E-state index contributed by atoms with van der Waals surface area (Å²) in [4.78, 5) is 11.3. The van der Waals surface area contributed by atoms with Crippen molar-refractivity contribution in [3.8, 4) is 0 Å². The van der Waals surface area contributed by atoms with Crippen LogP contribution in [0, 0.1) is 3.57 Å². The lowest BCUT2D eigenvalue weighted by Gasteiger charge is -2.26. The van der Waals surface area contributed by atoms with Gasteiger partial charge in [-0.3, -0.25) is 5.10 Å². The van der Waals surface area contributed by atoms with Crippen molar-refractivity contribution in [3.05, 3.63) is 15.0 Å². The van der Waals surface area contributed by atoms with E-state index in [0.717, 1.165) is 22.4 Å². The summed E-state index contributed by atoms with van der Waals surface area (Å²) in [5.74, 6) is 0.0667. The number of rotatable bonds is 2. The van der Waals surface area contributed by atoms with Crippen molar-refractivity contribution >= 4 is 41.0 Å². The Bertz CT molecular complexity index is 365. The monoisotopic (exact) mass is 343 g/mol. The molecule has 0 aromatic carbocycles. The molecule has 1 aliphatic heterocycles. The highest BCUT2D eigenvalue weighted by atomic mass is 127. The van der Waals surface area contributed by atoms with Crippen LogP contribution in [0.25, 0.3) is 0 Å². The van der Waals surface area contributed by atoms with Gasteiger partial charge in [0, 0.05) is 19.0 Å². The van der Waals surface area contributed by atoms with Crippen molar-refractivity contribution in [2.75, 3.05) is 20.2 Å². The molecule has 0 saturated carbocycles. The average Bonchev–Trinajstić information content (AvgIpc) is 2.45. The third-order valence-electron chi connectivity index (χ3n) is 2.30. The highest BCUT2D eigenvalue weighted by Crippen LogP contribution is 2.25. The topological polar surface area (TPSA) is 67.0 Å². The van der Waals surface area contributed by atoms with Crippen LogP contribution in [0.1, 0.15) is 22.1 Å². The van der Waals surface area contributed by atoms with Crippen LogP contribution in [0.4, 0.5) is 0 Å². The molecule has 5 nitrogen and oxygen atoms in total. The summed E-state index contributed by atoms with van der Waals surface area (Å²) in [5, 5.41) is 10.0. The van der Waals surface area contributed by atoms with Crippen LogP contribution < -0.4 is 5.32 Å². The van der Waals surface area contributed by atoms with Gasteiger partial charge >= 0.3 is 5.97 Å². The van der Waals surface area contributed by atoms with Crippen molar-refractivity contribution < 1.29 is 9.53 Å². The fraction of sp³-hybridized carbons (Fsp3) is 0.500. The molecular weight excluding hydrogens is 332 g/mol. The summed E-state index contributed by atoms with van der Waals surface area (Å²) in [6.45, 7) is 1.89. The van der Waals surface area contributed by atoms with E-state index in [1.165, 1.54) is 7.11 Å². The van der Waals surface area contributed by atoms with Gasteiger partial charge in [0.2, 0.25) is 0 Å². The SMILES string of the molecule is COC(=O)c1n[nH]c(C2CNC2)c1I.Cl. The first kappa shape index (κ1) is 12.7. The molecule has 1 aromatic rings. The quantitative estimate of drug-likeness (QED) is 0.619. The van der Waals surface area contributed by atoms with E-state index in [1.54, 1.807) is 0 Å². The zero-order chi connectivity index (χ0) is 10.1. The lowest BCUT2D eigenvalue weighted by Crippen LogP contribution is -2.40. The second-order valence-electron chi connectivity index (χ2n) is 3.15. The first-order valence-electron chi connectivity index (χ1n) is 4.26. The Morgan fingerprint density at radius 3 is 2.73 bits per heavy atom. The van der Waals surface area contributed by atoms with Gasteiger partial charge in [0.05, 0.1) is 16.4 Å². The Hall–Kier alpha value is -0.340. The molecule has 2 rings (SSSR count). The summed E-state index contributed by atoms with van der Waals surface area (Å²) in [7, 11) is 1.36. The standard InChI is InChI=1S/C8H10IN3O2.ClH/c1-14-8(13)7-5(9)6(11-12-7)4-2-10-3-4;/h4,10H,2-3H2,1H3,(H,11,12);1H. The van der Waals surface area contributed by atoms with Crippen molar-refractivity contribution in [2.24, 2.45) is 0 Å². The van der Waals surface area contributed by atoms with Gasteiger partial charge < -0.3 is 10.1 Å². The summed E-state index contributed by atoms with van der Waals surface area (Å²) in [5.41, 5.74) is 1.42. The smallest absolute Gasteiger partial charge is 0.359 e. The molecule has 1 aliphatic rings. The number of aromatic nitrogens is 2. The predicted molar refractivity (Wildman–Crippen MR) is 65.5 cm³/mol. The first-order chi connectivity index (χ1) is 6.74. The highest BCUT2D eigenvalue weighted by Gasteiger charge is 2.27. The van der Waals surface area contributed by atoms with E-state index in [2.05, 4.69) is 42.8 Å². The Kier molecular flexibility index (Phi) is 4.35. The van der Waals surface area contributed by atoms with Gasteiger partial charge in [-0.05, 0) is 22.6 Å². The van der Waals surface area contributed by atoms with Gasteiger partial charge in [0.15, 0.2) is 5.69 Å². The fourth-order valence-electron chi connectivity index (χ4n) is 1.34. The zero-order valence-electron chi connectivity index (χ0n) is 8.04. The fourth-order valence-corrected chi connectivity index (χ4v) is 2.24. The maximum Gasteiger partial charge on any atom is 0.359 e. The number of halogens is 2. The third-order valence-corrected chi connectivity index (χ3v) is 3.39. The number of carbonyl (C=O) groups is 1. The van der Waals surface area contributed by atoms with Gasteiger partial charge in [0.1, 0.15) is 0 Å². The molecule has 1 aromatic heterocycles. The number of hydrogen-bond acceptors (Lipinski definition) is 4. The molecule has 84 valence electrons. The van der Waals surface area contributed by atoms with Crippen molar-refractivity contribution in [1.29, 1.82) is 0 Å². The number of nitrogens with one attached hydrogen (secondary N) is 2. The minimum absolute atomic E-state index is 0. The molecule has 0 atom stereocenters. The van der Waals surface area contributed by atoms with Gasteiger partial charge in [-0.2, -0.15) is 5.10 Å². The van der Waals surface area contributed by atoms with Crippen molar-refractivity contribution in [1.82, 2.24) is 15.5 Å². The number of ether oxygens (including phenoxy) is 1. The summed E-state index contributed by atoms with van der Waals surface area (Å²) < 4.78 is 5.50. The van der Waals surface area contributed by atoms with Crippen molar-refractivity contribution in [3.63, 3.8) is 0 Å². The van der Waals surface area contributed by atoms with Gasteiger partial charge in [-0.1, -0.05) is 0 Å². The molecule has 0 amide bonds. The lowest BCUT2D eigenvalue weighted by atomic mass is 9.99. The van der Waals surface area contributed by atoms with Crippen LogP contribution in [0.3, 0.4) is 0 Å². The molecule has 2 N–H and O–H groups in total. The summed E-state index contributed by atoms with van der Waals surface area (Å²) in [6, 6.07) is 0. The Morgan fingerprint density at radius 1 is 1.60 bits per heavy atom. The largest absolute Gasteiger partial charge is 0.464 e. The molecule has 0 bridgehead atoms. The van der Waals surface area contributed by atoms with E-state index in [1.807, 2.05) is 0 Å². The molecule has 15 heavy (non-hydrogen) atoms. The number of carbonyl (C=O) groups excluding carboxylic acids is 1. The average molecular weight is 344 g/mol. The number of nitrogens with zero attached hydrogens (tertiary/aromatic N) is 1. The van der Waals surface area contributed by atoms with Gasteiger partial charge in [-0.25, -0.2) is 4.79 Å². The minimum Gasteiger partial charge on any atom is -0.464 e.